The van der Waals surface area contributed by atoms with Crippen molar-refractivity contribution in [3.63, 3.8) is 0 Å². The summed E-state index contributed by atoms with van der Waals surface area (Å²) in [6.07, 6.45) is -0.521. The highest BCUT2D eigenvalue weighted by Gasteiger charge is 2.06. The van der Waals surface area contributed by atoms with Gasteiger partial charge in [0.05, 0.1) is 19.3 Å². The van der Waals surface area contributed by atoms with E-state index in [0.29, 0.717) is 19.8 Å². The third-order valence-electron chi connectivity index (χ3n) is 2.54. The SMILES string of the molecule is OC(CNc1ccccc1Br)COCc1cccs1. The van der Waals surface area contributed by atoms with Crippen molar-refractivity contribution in [3.8, 4) is 0 Å². The summed E-state index contributed by atoms with van der Waals surface area (Å²) in [6, 6.07) is 11.8. The zero-order valence-electron chi connectivity index (χ0n) is 10.4. The molecule has 102 valence electrons. The number of rotatable bonds is 7. The van der Waals surface area contributed by atoms with E-state index in [1.165, 1.54) is 4.88 Å². The predicted octanol–water partition coefficient (Wildman–Crippen LogP) is 3.50. The minimum absolute atomic E-state index is 0.329. The molecule has 19 heavy (non-hydrogen) atoms. The van der Waals surface area contributed by atoms with E-state index in [9.17, 15) is 5.11 Å². The van der Waals surface area contributed by atoms with Crippen molar-refractivity contribution in [3.05, 3.63) is 51.1 Å². The Morgan fingerprint density at radius 3 is 2.84 bits per heavy atom. The van der Waals surface area contributed by atoms with Gasteiger partial charge in [-0.2, -0.15) is 0 Å². The topological polar surface area (TPSA) is 41.5 Å². The number of para-hydroxylation sites is 1. The molecule has 1 heterocycles. The van der Waals surface area contributed by atoms with Crippen molar-refractivity contribution in [1.82, 2.24) is 0 Å². The summed E-state index contributed by atoms with van der Waals surface area (Å²) in [5.41, 5.74) is 0.972. The minimum atomic E-state index is -0.521. The van der Waals surface area contributed by atoms with Crippen LogP contribution in [0.15, 0.2) is 46.3 Å². The standard InChI is InChI=1S/C14H16BrNO2S/c15-13-5-1-2-6-14(13)16-8-11(17)9-18-10-12-4-3-7-19-12/h1-7,11,16-17H,8-10H2. The second-order valence-corrected chi connectivity index (χ2v) is 6.00. The summed E-state index contributed by atoms with van der Waals surface area (Å²) in [5, 5.41) is 15.0. The van der Waals surface area contributed by atoms with E-state index >= 15 is 0 Å². The average molecular weight is 342 g/mol. The smallest absolute Gasteiger partial charge is 0.0945 e. The average Bonchev–Trinajstić information content (AvgIpc) is 2.91. The lowest BCUT2D eigenvalue weighted by atomic mass is 10.3. The zero-order chi connectivity index (χ0) is 13.5. The highest BCUT2D eigenvalue weighted by Crippen LogP contribution is 2.20. The monoisotopic (exact) mass is 341 g/mol. The number of halogens is 1. The van der Waals surface area contributed by atoms with Crippen molar-refractivity contribution in [2.45, 2.75) is 12.7 Å². The second kappa shape index (κ2) is 7.65. The maximum Gasteiger partial charge on any atom is 0.0945 e. The highest BCUT2D eigenvalue weighted by molar-refractivity contribution is 9.10. The van der Waals surface area contributed by atoms with Gasteiger partial charge in [0.2, 0.25) is 0 Å². The molecule has 5 heteroatoms. The van der Waals surface area contributed by atoms with Crippen molar-refractivity contribution < 1.29 is 9.84 Å². The molecule has 2 rings (SSSR count). The number of aliphatic hydroxyl groups excluding tert-OH is 1. The van der Waals surface area contributed by atoms with Crippen LogP contribution in [0.25, 0.3) is 0 Å². The maximum atomic E-state index is 9.83. The summed E-state index contributed by atoms with van der Waals surface area (Å²) < 4.78 is 6.45. The maximum absolute atomic E-state index is 9.83. The number of hydrogen-bond donors (Lipinski definition) is 2. The molecule has 0 saturated carbocycles. The van der Waals surface area contributed by atoms with Crippen LogP contribution in [0.2, 0.25) is 0 Å². The Kier molecular flexibility index (Phi) is 5.85. The van der Waals surface area contributed by atoms with Crippen LogP contribution in [0.3, 0.4) is 0 Å². The van der Waals surface area contributed by atoms with Crippen LogP contribution in [0.1, 0.15) is 4.88 Å². The first-order valence-electron chi connectivity index (χ1n) is 6.02. The van der Waals surface area contributed by atoms with Gasteiger partial charge in [0.1, 0.15) is 0 Å². The van der Waals surface area contributed by atoms with Gasteiger partial charge in [0, 0.05) is 21.6 Å². The minimum Gasteiger partial charge on any atom is -0.389 e. The number of anilines is 1. The van der Waals surface area contributed by atoms with Gasteiger partial charge in [-0.1, -0.05) is 18.2 Å². The molecule has 1 aromatic carbocycles. The Morgan fingerprint density at radius 2 is 2.11 bits per heavy atom. The molecule has 0 fully saturated rings. The second-order valence-electron chi connectivity index (χ2n) is 4.11. The van der Waals surface area contributed by atoms with E-state index in [4.69, 9.17) is 4.74 Å². The number of ether oxygens (including phenoxy) is 1. The van der Waals surface area contributed by atoms with Gasteiger partial charge in [-0.05, 0) is 39.5 Å². The molecular formula is C14H16BrNO2S. The summed E-state index contributed by atoms with van der Waals surface area (Å²) >= 11 is 5.11. The number of aliphatic hydroxyl groups is 1. The van der Waals surface area contributed by atoms with Gasteiger partial charge < -0.3 is 15.2 Å². The molecule has 2 N–H and O–H groups in total. The lowest BCUT2D eigenvalue weighted by Crippen LogP contribution is -2.24. The van der Waals surface area contributed by atoms with Crippen LogP contribution in [0.4, 0.5) is 5.69 Å². The van der Waals surface area contributed by atoms with E-state index in [1.54, 1.807) is 11.3 Å². The fourth-order valence-electron chi connectivity index (χ4n) is 1.58. The van der Waals surface area contributed by atoms with Crippen LogP contribution in [-0.2, 0) is 11.3 Å². The van der Waals surface area contributed by atoms with E-state index in [1.807, 2.05) is 41.8 Å². The fourth-order valence-corrected chi connectivity index (χ4v) is 2.65. The van der Waals surface area contributed by atoms with Crippen LogP contribution >= 0.6 is 27.3 Å². The summed E-state index contributed by atoms with van der Waals surface area (Å²) in [4.78, 5) is 1.17. The molecule has 1 aromatic heterocycles. The molecule has 0 aliphatic heterocycles. The van der Waals surface area contributed by atoms with Gasteiger partial charge in [0.15, 0.2) is 0 Å². The van der Waals surface area contributed by atoms with E-state index < -0.39 is 6.10 Å². The first kappa shape index (κ1) is 14.5. The first-order valence-corrected chi connectivity index (χ1v) is 7.69. The Balaban J connectivity index is 1.67. The van der Waals surface area contributed by atoms with Crippen molar-refractivity contribution in [1.29, 1.82) is 0 Å². The molecule has 0 spiro atoms. The molecule has 2 aromatic rings. The molecule has 3 nitrogen and oxygen atoms in total. The Labute approximate surface area is 125 Å². The highest BCUT2D eigenvalue weighted by atomic mass is 79.9. The van der Waals surface area contributed by atoms with E-state index in [-0.39, 0.29) is 0 Å². The van der Waals surface area contributed by atoms with Gasteiger partial charge in [-0.3, -0.25) is 0 Å². The Hall–Kier alpha value is -0.880. The predicted molar refractivity (Wildman–Crippen MR) is 82.6 cm³/mol. The fraction of sp³-hybridized carbons (Fsp3) is 0.286. The number of hydrogen-bond acceptors (Lipinski definition) is 4. The lowest BCUT2D eigenvalue weighted by Gasteiger charge is -2.13. The molecule has 0 aliphatic rings. The molecule has 1 atom stereocenters. The van der Waals surface area contributed by atoms with Crippen LogP contribution < -0.4 is 5.32 Å². The quantitative estimate of drug-likeness (QED) is 0.809. The van der Waals surface area contributed by atoms with Gasteiger partial charge in [-0.25, -0.2) is 0 Å². The van der Waals surface area contributed by atoms with Crippen molar-refractivity contribution in [2.75, 3.05) is 18.5 Å². The molecule has 0 amide bonds. The molecule has 1 unspecified atom stereocenters. The molecule has 0 radical (unpaired) electrons. The van der Waals surface area contributed by atoms with Crippen LogP contribution in [0, 0.1) is 0 Å². The molecular weight excluding hydrogens is 326 g/mol. The van der Waals surface area contributed by atoms with Crippen molar-refractivity contribution in [2.24, 2.45) is 0 Å². The van der Waals surface area contributed by atoms with E-state index in [0.717, 1.165) is 10.2 Å². The molecule has 0 bridgehead atoms. The van der Waals surface area contributed by atoms with Crippen LogP contribution in [0.5, 0.6) is 0 Å². The lowest BCUT2D eigenvalue weighted by molar-refractivity contribution is 0.0359. The Morgan fingerprint density at radius 1 is 1.26 bits per heavy atom. The number of benzene rings is 1. The Bertz CT molecular complexity index is 490. The number of thiophene rings is 1. The molecule has 0 saturated heterocycles. The summed E-state index contributed by atoms with van der Waals surface area (Å²) in [7, 11) is 0. The molecule has 0 aliphatic carbocycles. The summed E-state index contributed by atoms with van der Waals surface area (Å²) in [6.45, 7) is 1.35. The van der Waals surface area contributed by atoms with Crippen molar-refractivity contribution >= 4 is 33.0 Å². The van der Waals surface area contributed by atoms with Crippen LogP contribution in [-0.4, -0.2) is 24.4 Å². The largest absolute Gasteiger partial charge is 0.389 e. The third-order valence-corrected chi connectivity index (χ3v) is 4.08. The normalized spacial score (nSPS) is 12.3. The van der Waals surface area contributed by atoms with Gasteiger partial charge in [-0.15, -0.1) is 11.3 Å². The van der Waals surface area contributed by atoms with Gasteiger partial charge in [0.25, 0.3) is 0 Å². The van der Waals surface area contributed by atoms with E-state index in [2.05, 4.69) is 21.2 Å². The number of nitrogens with one attached hydrogen (secondary N) is 1. The zero-order valence-corrected chi connectivity index (χ0v) is 12.8. The third kappa shape index (κ3) is 4.95. The summed E-state index contributed by atoms with van der Waals surface area (Å²) in [5.74, 6) is 0. The first-order chi connectivity index (χ1) is 9.25. The van der Waals surface area contributed by atoms with Gasteiger partial charge >= 0.3 is 0 Å².